The van der Waals surface area contributed by atoms with E-state index in [0.29, 0.717) is 38.9 Å². The van der Waals surface area contributed by atoms with Gasteiger partial charge in [-0.3, -0.25) is 53.1 Å². The van der Waals surface area contributed by atoms with E-state index in [0.717, 1.165) is 70.6 Å². The first-order valence-corrected chi connectivity index (χ1v) is 35.7. The van der Waals surface area contributed by atoms with Crippen LogP contribution in [0, 0.1) is 57.2 Å². The normalized spacial score (nSPS) is 23.5. The Morgan fingerprint density at radius 2 is 0.970 bits per heavy atom. The maximum atomic E-state index is 14.5. The number of nitrogens with zero attached hydrogens (tertiary/aromatic N) is 4. The van der Waals surface area contributed by atoms with Gasteiger partial charge in [0.15, 0.2) is 6.10 Å². The number of hydrogen-bond acceptors (Lipinski definition) is 15. The number of nitrogens with two attached hydrogens (primary N) is 1. The van der Waals surface area contributed by atoms with Crippen molar-refractivity contribution in [1.29, 1.82) is 0 Å². The van der Waals surface area contributed by atoms with E-state index in [4.69, 9.17) is 5.73 Å². The highest BCUT2D eigenvalue weighted by Crippen LogP contribution is 2.66. The van der Waals surface area contributed by atoms with Gasteiger partial charge in [0.05, 0.1) is 6.04 Å². The number of aliphatic hydroxyl groups excluding tert-OH is 2. The molecule has 4 saturated carbocycles. The second-order valence-corrected chi connectivity index (χ2v) is 31.2. The predicted octanol–water partition coefficient (Wildman–Crippen LogP) is 5.78. The number of fused-ring (bicyclic) bond motifs is 2. The minimum Gasteiger partial charge on any atom is -0.480 e. The standard InChI is InChI=1S/C37H56N6O6.C28H40N4O5.C9H18N2O2.ClH/c1-8-15-24(29(44)34(48)39-19-9-2)40-33(47)28-26-23(37(26,6)7)21-43(28)35(49)30(36(3,4)5)42-32(46)27(22-16-11-10-12-17-22)41-31(45)25-18-13-14-20-38-25;1-27(2,3)22(25(35)32-15-17-19(28(17,4)5)21(32)26(36)37)31-24(34)20(16-11-7-6-8-12-16)30-23(33)18-13-9-10-14-29-18;1-3-5-7(10)8(12)9(13)11-6-4-2;/h9,13-14,18,20,22-24,26-30,44H,2,8,10-12,15-17,19,21H2,1,3-7H3,(H,39,48)(H,40,47)(H,41,45)(H,42,46);9-10,13-14,16-17,19-22H,6-8,11-12,15H2,1-5H3,(H,30,33)(H,31,34)(H,36,37);4,7-8,12H,2-3,5-6,10H2,1H3,(H,11,13);1H/t23-,24?,26-,27-,28-,29?,30+;17-,19-,20-,21-,22+;;/m00../s1. The molecule has 4 aliphatic carbocycles. The number of carboxylic acids is 1. The Morgan fingerprint density at radius 3 is 1.33 bits per heavy atom. The van der Waals surface area contributed by atoms with E-state index >= 15 is 0 Å². The second-order valence-electron chi connectivity index (χ2n) is 31.2. The Balaban J connectivity index is 0.000000311. The summed E-state index contributed by atoms with van der Waals surface area (Å²) in [5, 5.41) is 49.9. The van der Waals surface area contributed by atoms with Gasteiger partial charge in [0.1, 0.15) is 53.7 Å². The summed E-state index contributed by atoms with van der Waals surface area (Å²) in [6.45, 7) is 31.5. The number of carbonyl (C=O) groups excluding carboxylic acids is 9. The maximum Gasteiger partial charge on any atom is 0.326 e. The molecule has 12 N–H and O–H groups in total. The molecule has 0 bridgehead atoms. The highest BCUT2D eigenvalue weighted by Gasteiger charge is 2.71. The molecule has 556 valence electrons. The van der Waals surface area contributed by atoms with E-state index in [2.05, 4.69) is 74.2 Å². The summed E-state index contributed by atoms with van der Waals surface area (Å²) in [6.07, 6.45) is 15.1. The van der Waals surface area contributed by atoms with Gasteiger partial charge >= 0.3 is 5.97 Å². The van der Waals surface area contributed by atoms with Gasteiger partial charge in [-0.25, -0.2) is 4.79 Å². The van der Waals surface area contributed by atoms with Crippen LogP contribution in [-0.4, -0.2) is 181 Å². The third-order valence-corrected chi connectivity index (χ3v) is 21.2. The Bertz CT molecular complexity index is 3150. The third-order valence-electron chi connectivity index (χ3n) is 21.2. The molecular weight excluding hydrogens is 1300 g/mol. The van der Waals surface area contributed by atoms with Crippen LogP contribution in [0.1, 0.15) is 194 Å². The van der Waals surface area contributed by atoms with Gasteiger partial charge < -0.3 is 68.1 Å². The molecule has 4 heterocycles. The van der Waals surface area contributed by atoms with E-state index in [1.54, 1.807) is 47.4 Å². The number of carbonyl (C=O) groups is 10. The summed E-state index contributed by atoms with van der Waals surface area (Å²) in [5.74, 6) is -5.09. The molecule has 0 spiro atoms. The smallest absolute Gasteiger partial charge is 0.326 e. The zero-order chi connectivity index (χ0) is 73.5. The fourth-order valence-electron chi connectivity index (χ4n) is 15.2. The zero-order valence-corrected chi connectivity index (χ0v) is 61.7. The molecule has 100 heavy (non-hydrogen) atoms. The van der Waals surface area contributed by atoms with E-state index in [9.17, 15) is 63.3 Å². The zero-order valence-electron chi connectivity index (χ0n) is 60.9. The van der Waals surface area contributed by atoms with E-state index < -0.39 is 119 Å². The Labute approximate surface area is 597 Å². The number of halogens is 1. The van der Waals surface area contributed by atoms with Crippen molar-refractivity contribution < 1.29 is 63.3 Å². The molecule has 14 atom stereocenters. The second kappa shape index (κ2) is 36.5. The van der Waals surface area contributed by atoms with Crippen LogP contribution in [0.25, 0.3) is 0 Å². The molecule has 4 unspecified atom stereocenters. The number of carboxylic acid groups (broad SMARTS) is 1. The number of rotatable bonds is 27. The number of amides is 9. The molecule has 9 amide bonds. The Hall–Kier alpha value is -7.35. The first kappa shape index (κ1) is 83.3. The number of hydrogen-bond donors (Lipinski definition) is 11. The van der Waals surface area contributed by atoms with Crippen molar-refractivity contribution >= 4 is 71.5 Å². The summed E-state index contributed by atoms with van der Waals surface area (Å²) >= 11 is 0. The van der Waals surface area contributed by atoms with Crippen LogP contribution in [0.2, 0.25) is 0 Å². The van der Waals surface area contributed by atoms with Crippen molar-refractivity contribution in [2.45, 2.75) is 234 Å². The molecule has 26 heteroatoms. The molecule has 2 aromatic heterocycles. The van der Waals surface area contributed by atoms with Crippen LogP contribution in [-0.2, 0) is 38.4 Å². The lowest BCUT2D eigenvalue weighted by molar-refractivity contribution is -0.153. The van der Waals surface area contributed by atoms with Crippen LogP contribution < -0.4 is 43.0 Å². The number of aliphatic carboxylic acids is 1. The number of likely N-dealkylation sites (tertiary alicyclic amines) is 2. The number of aliphatic hydroxyl groups is 2. The average Bonchev–Trinajstić information content (AvgIpc) is 1.53. The van der Waals surface area contributed by atoms with Gasteiger partial charge in [0, 0.05) is 50.5 Å². The fourth-order valence-corrected chi connectivity index (χ4v) is 15.2. The topological polar surface area (TPSA) is 374 Å². The molecule has 25 nitrogen and oxygen atoms in total. The molecule has 0 aromatic carbocycles. The van der Waals surface area contributed by atoms with Crippen LogP contribution in [0.4, 0.5) is 0 Å². The SMILES string of the molecule is C=CCNC(=O)C(O)C(CCC)NC(=O)[C@@H]1[C@@H]2[C@H](CN1C(=O)[C@@H](NC(=O)[C@@H](NC(=O)c1ccccn1)C1CCCCC1)C(C)(C)C)C2(C)C.C=CCNC(=O)C(O)C(N)CCC.CC(C)(C)[C@H](NC(=O)[C@@H](NC(=O)c1ccccn1)C1CCCCC1)C(=O)N1C[C@H]2[C@@H]([C@H]1C(=O)O)C2(C)C.Cl. The molecule has 2 aliphatic heterocycles. The van der Waals surface area contributed by atoms with Gasteiger partial charge in [-0.2, -0.15) is 0 Å². The summed E-state index contributed by atoms with van der Waals surface area (Å²) in [7, 11) is 0. The van der Waals surface area contributed by atoms with Gasteiger partial charge in [-0.15, -0.1) is 25.6 Å². The van der Waals surface area contributed by atoms with Crippen molar-refractivity contribution in [2.24, 2.45) is 62.9 Å². The van der Waals surface area contributed by atoms with Crippen LogP contribution in [0.15, 0.2) is 74.1 Å². The predicted molar refractivity (Wildman–Crippen MR) is 382 cm³/mol. The fraction of sp³-hybridized carbons (Fsp3) is 0.676. The highest BCUT2D eigenvalue weighted by molar-refractivity contribution is 6.00. The first-order chi connectivity index (χ1) is 46.6. The Morgan fingerprint density at radius 1 is 0.580 bits per heavy atom. The minimum atomic E-state index is -1.47. The van der Waals surface area contributed by atoms with E-state index in [1.165, 1.54) is 23.4 Å². The number of aromatic nitrogens is 2. The lowest BCUT2D eigenvalue weighted by Crippen LogP contribution is -2.63. The number of piperidine rings is 2. The van der Waals surface area contributed by atoms with Crippen molar-refractivity contribution in [2.75, 3.05) is 26.2 Å². The summed E-state index contributed by atoms with van der Waals surface area (Å²) in [6, 6.07) is 3.39. The van der Waals surface area contributed by atoms with Crippen LogP contribution >= 0.6 is 12.4 Å². The summed E-state index contributed by atoms with van der Waals surface area (Å²) in [5.41, 5.74) is 4.31. The largest absolute Gasteiger partial charge is 0.480 e. The van der Waals surface area contributed by atoms with Crippen LogP contribution in [0.5, 0.6) is 0 Å². The molecule has 2 aromatic rings. The molecule has 6 fully saturated rings. The third kappa shape index (κ3) is 20.9. The van der Waals surface area contributed by atoms with Crippen molar-refractivity contribution in [3.8, 4) is 0 Å². The number of nitrogens with one attached hydrogen (secondary N) is 7. The lowest BCUT2D eigenvalue weighted by Gasteiger charge is -2.39. The monoisotopic (exact) mass is 1410 g/mol. The van der Waals surface area contributed by atoms with Gasteiger partial charge in [0.2, 0.25) is 29.5 Å². The van der Waals surface area contributed by atoms with Gasteiger partial charge in [-0.05, 0) is 114 Å². The van der Waals surface area contributed by atoms with E-state index in [-0.39, 0.29) is 88.5 Å². The maximum absolute atomic E-state index is 14.5. The first-order valence-electron chi connectivity index (χ1n) is 35.7. The average molecular weight is 1420 g/mol. The highest BCUT2D eigenvalue weighted by atomic mass is 35.5. The molecular formula is C74H115ClN12O13. The van der Waals surface area contributed by atoms with E-state index in [1.807, 2.05) is 69.2 Å². The van der Waals surface area contributed by atoms with Crippen molar-refractivity contribution in [3.63, 3.8) is 0 Å². The van der Waals surface area contributed by atoms with Crippen molar-refractivity contribution in [1.82, 2.24) is 57.0 Å². The van der Waals surface area contributed by atoms with Crippen LogP contribution in [0.3, 0.4) is 0 Å². The summed E-state index contributed by atoms with van der Waals surface area (Å²) in [4.78, 5) is 144. The molecule has 8 rings (SSSR count). The minimum absolute atomic E-state index is 0. The molecule has 0 radical (unpaired) electrons. The van der Waals surface area contributed by atoms with Crippen molar-refractivity contribution in [3.05, 3.63) is 85.5 Å². The Kier molecular flexibility index (Phi) is 30.4. The lowest BCUT2D eigenvalue weighted by atomic mass is 9.82. The van der Waals surface area contributed by atoms with Gasteiger partial charge in [-0.1, -0.05) is 159 Å². The summed E-state index contributed by atoms with van der Waals surface area (Å²) < 4.78 is 0. The number of pyridine rings is 2. The molecule has 2 saturated heterocycles. The quantitative estimate of drug-likeness (QED) is 0.0472. The molecule has 6 aliphatic rings. The van der Waals surface area contributed by atoms with Gasteiger partial charge in [0.25, 0.3) is 23.6 Å².